The molecule has 0 aliphatic heterocycles. The number of carbonyl (C=O) groups is 2. The van der Waals surface area contributed by atoms with E-state index in [0.717, 1.165) is 0 Å². The summed E-state index contributed by atoms with van der Waals surface area (Å²) < 4.78 is 4.37. The number of ether oxygens (including phenoxy) is 1. The Hall–Kier alpha value is -0.610. The van der Waals surface area contributed by atoms with Gasteiger partial charge in [0.1, 0.15) is 12.4 Å². The van der Waals surface area contributed by atoms with Gasteiger partial charge in [-0.15, -0.1) is 0 Å². The Morgan fingerprint density at radius 3 is 2.55 bits per heavy atom. The first kappa shape index (κ1) is 10.4. The van der Waals surface area contributed by atoms with Gasteiger partial charge in [-0.1, -0.05) is 11.6 Å². The van der Waals surface area contributed by atoms with Gasteiger partial charge < -0.3 is 9.84 Å². The maximum atomic E-state index is 10.4. The van der Waals surface area contributed by atoms with Crippen LogP contribution in [0.1, 0.15) is 13.3 Å². The number of Topliss-reactive ketones (excluding diaryl/α,β-unsaturated/α-hetero) is 1. The lowest BCUT2D eigenvalue weighted by Gasteiger charge is -2.07. The Morgan fingerprint density at radius 2 is 2.18 bits per heavy atom. The predicted octanol–water partition coefficient (Wildman–Crippen LogP) is 0.0659. The van der Waals surface area contributed by atoms with E-state index in [2.05, 4.69) is 4.74 Å². The largest absolute Gasteiger partial charge is 0.444 e. The second-order valence-electron chi connectivity index (χ2n) is 1.96. The van der Waals surface area contributed by atoms with Crippen molar-refractivity contribution in [3.8, 4) is 0 Å². The number of rotatable bonds is 4. The third-order valence-corrected chi connectivity index (χ3v) is 1.08. The fourth-order valence-electron chi connectivity index (χ4n) is 0.448. The van der Waals surface area contributed by atoms with Crippen LogP contribution in [0.2, 0.25) is 0 Å². The highest BCUT2D eigenvalue weighted by atomic mass is 35.5. The van der Waals surface area contributed by atoms with Crippen molar-refractivity contribution < 1.29 is 19.4 Å². The van der Waals surface area contributed by atoms with Crippen molar-refractivity contribution in [2.75, 3.05) is 6.61 Å². The molecule has 5 heteroatoms. The zero-order chi connectivity index (χ0) is 8.85. The maximum Gasteiger partial charge on any atom is 0.333 e. The van der Waals surface area contributed by atoms with E-state index in [4.69, 9.17) is 16.7 Å². The zero-order valence-corrected chi connectivity index (χ0v) is 6.80. The van der Waals surface area contributed by atoms with Gasteiger partial charge in [0.2, 0.25) is 0 Å². The molecule has 0 aromatic heterocycles. The van der Waals surface area contributed by atoms with Crippen LogP contribution in [-0.2, 0) is 14.3 Å². The van der Waals surface area contributed by atoms with Crippen LogP contribution in [0.15, 0.2) is 0 Å². The quantitative estimate of drug-likeness (QED) is 0.491. The molecule has 0 aromatic carbocycles. The van der Waals surface area contributed by atoms with E-state index < -0.39 is 18.1 Å². The van der Waals surface area contributed by atoms with Gasteiger partial charge in [-0.25, -0.2) is 4.79 Å². The van der Waals surface area contributed by atoms with Crippen molar-refractivity contribution in [2.24, 2.45) is 0 Å². The van der Waals surface area contributed by atoms with Crippen LogP contribution in [0.4, 0.5) is 0 Å². The summed E-state index contributed by atoms with van der Waals surface area (Å²) in [6, 6.07) is 0. The van der Waals surface area contributed by atoms with Crippen molar-refractivity contribution in [2.45, 2.75) is 18.9 Å². The van der Waals surface area contributed by atoms with Crippen molar-refractivity contribution in [3.63, 3.8) is 0 Å². The van der Waals surface area contributed by atoms with Gasteiger partial charge >= 0.3 is 5.97 Å². The summed E-state index contributed by atoms with van der Waals surface area (Å²) in [5.41, 5.74) is -0.966. The second kappa shape index (κ2) is 5.09. The maximum absolute atomic E-state index is 10.4. The summed E-state index contributed by atoms with van der Waals surface area (Å²) in [7, 11) is 0. The molecule has 0 rings (SSSR count). The standard InChI is InChI=1S/C6H9ClO4/c1-4(9)2-5(7)11-6(10)3-8/h5,8H,2-3H2,1H3. The normalized spacial score (nSPS) is 12.3. The molecule has 0 fully saturated rings. The van der Waals surface area contributed by atoms with E-state index in [1.54, 1.807) is 0 Å². The lowest BCUT2D eigenvalue weighted by molar-refractivity contribution is -0.149. The zero-order valence-electron chi connectivity index (χ0n) is 6.04. The van der Waals surface area contributed by atoms with E-state index >= 15 is 0 Å². The summed E-state index contributed by atoms with van der Waals surface area (Å²) in [4.78, 5) is 20.7. The van der Waals surface area contributed by atoms with E-state index in [9.17, 15) is 9.59 Å². The fourth-order valence-corrected chi connectivity index (χ4v) is 0.764. The van der Waals surface area contributed by atoms with Gasteiger partial charge in [0.25, 0.3) is 0 Å². The number of aliphatic hydroxyl groups is 1. The molecule has 1 atom stereocenters. The number of halogens is 1. The molecule has 0 amide bonds. The average molecular weight is 181 g/mol. The number of esters is 1. The number of aliphatic hydroxyl groups excluding tert-OH is 1. The van der Waals surface area contributed by atoms with Gasteiger partial charge in [0, 0.05) is 0 Å². The van der Waals surface area contributed by atoms with Crippen molar-refractivity contribution >= 4 is 23.4 Å². The lowest BCUT2D eigenvalue weighted by atomic mass is 10.3. The summed E-state index contributed by atoms with van der Waals surface area (Å²) in [5, 5.41) is 8.20. The summed E-state index contributed by atoms with van der Waals surface area (Å²) in [6.45, 7) is 0.614. The molecule has 1 N–H and O–H groups in total. The highest BCUT2D eigenvalue weighted by Gasteiger charge is 2.11. The van der Waals surface area contributed by atoms with E-state index in [0.29, 0.717) is 0 Å². The third kappa shape index (κ3) is 5.82. The Labute approximate surface area is 69.1 Å². The van der Waals surface area contributed by atoms with Gasteiger partial charge in [-0.3, -0.25) is 4.79 Å². The molecule has 1 unspecified atom stereocenters. The van der Waals surface area contributed by atoms with Gasteiger partial charge in [-0.2, -0.15) is 0 Å². The SMILES string of the molecule is CC(=O)CC(Cl)OC(=O)CO. The highest BCUT2D eigenvalue weighted by molar-refractivity contribution is 6.21. The van der Waals surface area contributed by atoms with Crippen LogP contribution in [0, 0.1) is 0 Å². The molecule has 64 valence electrons. The topological polar surface area (TPSA) is 63.6 Å². The molecule has 0 aromatic rings. The Bertz CT molecular complexity index is 157. The van der Waals surface area contributed by atoms with Gasteiger partial charge in [-0.05, 0) is 6.92 Å². The first-order chi connectivity index (χ1) is 5.06. The molecule has 11 heavy (non-hydrogen) atoms. The summed E-state index contributed by atoms with van der Waals surface area (Å²) in [6.07, 6.45) is -0.0344. The van der Waals surface area contributed by atoms with Crippen molar-refractivity contribution in [3.05, 3.63) is 0 Å². The average Bonchev–Trinajstić information content (AvgIpc) is 1.85. The summed E-state index contributed by atoms with van der Waals surface area (Å²) in [5.74, 6) is -0.998. The number of ketones is 1. The molecular weight excluding hydrogens is 172 g/mol. The molecular formula is C6H9ClO4. The number of carbonyl (C=O) groups excluding carboxylic acids is 2. The van der Waals surface area contributed by atoms with Crippen LogP contribution >= 0.6 is 11.6 Å². The smallest absolute Gasteiger partial charge is 0.333 e. The minimum Gasteiger partial charge on any atom is -0.444 e. The number of hydrogen-bond donors (Lipinski definition) is 1. The van der Waals surface area contributed by atoms with Crippen LogP contribution in [0.3, 0.4) is 0 Å². The van der Waals surface area contributed by atoms with Crippen LogP contribution in [-0.4, -0.2) is 29.0 Å². The Kier molecular flexibility index (Phi) is 4.81. The monoisotopic (exact) mass is 180 g/mol. The molecule has 0 heterocycles. The first-order valence-corrected chi connectivity index (χ1v) is 3.43. The first-order valence-electron chi connectivity index (χ1n) is 3.00. The molecule has 0 spiro atoms. The molecule has 0 aliphatic carbocycles. The fraction of sp³-hybridized carbons (Fsp3) is 0.667. The molecule has 0 saturated carbocycles. The highest BCUT2D eigenvalue weighted by Crippen LogP contribution is 2.04. The van der Waals surface area contributed by atoms with E-state index in [1.165, 1.54) is 6.92 Å². The third-order valence-electron chi connectivity index (χ3n) is 0.836. The van der Waals surface area contributed by atoms with Gasteiger partial charge in [0.05, 0.1) is 6.42 Å². The Morgan fingerprint density at radius 1 is 1.64 bits per heavy atom. The molecule has 0 radical (unpaired) electrons. The van der Waals surface area contributed by atoms with E-state index in [-0.39, 0.29) is 12.2 Å². The van der Waals surface area contributed by atoms with Gasteiger partial charge in [0.15, 0.2) is 5.56 Å². The molecule has 0 aliphatic rings. The van der Waals surface area contributed by atoms with Crippen LogP contribution in [0.25, 0.3) is 0 Å². The lowest BCUT2D eigenvalue weighted by Crippen LogP contribution is -2.17. The summed E-state index contributed by atoms with van der Waals surface area (Å²) >= 11 is 5.37. The van der Waals surface area contributed by atoms with Crippen molar-refractivity contribution in [1.82, 2.24) is 0 Å². The predicted molar refractivity (Wildman–Crippen MR) is 38.1 cm³/mol. The van der Waals surface area contributed by atoms with Crippen molar-refractivity contribution in [1.29, 1.82) is 0 Å². The van der Waals surface area contributed by atoms with E-state index in [1.807, 2.05) is 0 Å². The Balaban J connectivity index is 3.60. The minimum absolute atomic E-state index is 0.0344. The van der Waals surface area contributed by atoms with Crippen LogP contribution < -0.4 is 0 Å². The molecule has 4 nitrogen and oxygen atoms in total. The van der Waals surface area contributed by atoms with Crippen LogP contribution in [0.5, 0.6) is 0 Å². The number of alkyl halides is 1. The second-order valence-corrected chi connectivity index (χ2v) is 2.45. The molecule has 0 saturated heterocycles. The molecule has 0 bridgehead atoms. The minimum atomic E-state index is -0.966. The number of hydrogen-bond acceptors (Lipinski definition) is 4.